The standard InChI is InChI=1S/C8H15O5P/c1-2-3-8(10)7(4-9)5-11-14(13-8)12-6-7/h9-10H,2-6H2,1H3. The maximum absolute atomic E-state index is 10.3. The normalized spacial score (nSPS) is 46.9. The van der Waals surface area contributed by atoms with E-state index < -0.39 is 19.8 Å². The van der Waals surface area contributed by atoms with Crippen LogP contribution in [0.2, 0.25) is 0 Å². The molecule has 14 heavy (non-hydrogen) atoms. The number of rotatable bonds is 3. The molecule has 3 fully saturated rings. The van der Waals surface area contributed by atoms with Gasteiger partial charge >= 0.3 is 8.60 Å². The van der Waals surface area contributed by atoms with E-state index in [0.717, 1.165) is 6.42 Å². The first-order valence-corrected chi connectivity index (χ1v) is 5.84. The van der Waals surface area contributed by atoms with Crippen LogP contribution in [0.5, 0.6) is 0 Å². The highest BCUT2D eigenvalue weighted by molar-refractivity contribution is 7.41. The minimum Gasteiger partial charge on any atom is -0.395 e. The Labute approximate surface area is 84.0 Å². The summed E-state index contributed by atoms with van der Waals surface area (Å²) in [5.41, 5.74) is -0.805. The highest BCUT2D eigenvalue weighted by atomic mass is 31.2. The molecular formula is C8H15O5P. The number of aliphatic hydroxyl groups excluding tert-OH is 1. The third-order valence-corrected chi connectivity index (χ3v) is 3.97. The lowest BCUT2D eigenvalue weighted by atomic mass is 9.79. The van der Waals surface area contributed by atoms with Gasteiger partial charge in [0.15, 0.2) is 5.79 Å². The third-order valence-electron chi connectivity index (χ3n) is 2.84. The van der Waals surface area contributed by atoms with Crippen molar-refractivity contribution in [3.05, 3.63) is 0 Å². The van der Waals surface area contributed by atoms with Crippen molar-refractivity contribution in [2.45, 2.75) is 25.6 Å². The summed E-state index contributed by atoms with van der Waals surface area (Å²) in [5.74, 6) is -1.28. The van der Waals surface area contributed by atoms with Crippen molar-refractivity contribution >= 4 is 8.60 Å². The fraction of sp³-hybridized carbons (Fsp3) is 1.00. The van der Waals surface area contributed by atoms with Gasteiger partial charge in [0.1, 0.15) is 0 Å². The second-order valence-corrected chi connectivity index (χ2v) is 4.98. The van der Waals surface area contributed by atoms with E-state index in [2.05, 4.69) is 0 Å². The van der Waals surface area contributed by atoms with E-state index in [1.54, 1.807) is 0 Å². The van der Waals surface area contributed by atoms with Crippen LogP contribution in [0.1, 0.15) is 19.8 Å². The second kappa shape index (κ2) is 3.67. The van der Waals surface area contributed by atoms with Gasteiger partial charge in [0.25, 0.3) is 0 Å². The molecule has 3 aliphatic rings. The van der Waals surface area contributed by atoms with E-state index in [9.17, 15) is 10.2 Å². The van der Waals surface area contributed by atoms with Crippen LogP contribution in [0.3, 0.4) is 0 Å². The number of aliphatic hydroxyl groups is 2. The van der Waals surface area contributed by atoms with Gasteiger partial charge in [-0.2, -0.15) is 0 Å². The van der Waals surface area contributed by atoms with E-state index in [0.29, 0.717) is 19.6 Å². The third kappa shape index (κ3) is 1.40. The number of fused-ring (bicyclic) bond motifs is 3. The van der Waals surface area contributed by atoms with E-state index in [4.69, 9.17) is 13.6 Å². The van der Waals surface area contributed by atoms with Crippen molar-refractivity contribution < 1.29 is 23.8 Å². The molecule has 0 aromatic heterocycles. The van der Waals surface area contributed by atoms with Gasteiger partial charge in [0, 0.05) is 6.42 Å². The summed E-state index contributed by atoms with van der Waals surface area (Å²) in [4.78, 5) is 0. The Balaban J connectivity index is 2.22. The SMILES string of the molecule is CCCC1(O)OP2OCC1(CO)CO2. The Morgan fingerprint density at radius 3 is 2.50 bits per heavy atom. The number of hydrogen-bond donors (Lipinski definition) is 2. The van der Waals surface area contributed by atoms with Gasteiger partial charge in [-0.1, -0.05) is 13.3 Å². The van der Waals surface area contributed by atoms with Crippen LogP contribution in [0.15, 0.2) is 0 Å². The van der Waals surface area contributed by atoms with E-state index in [1.165, 1.54) is 0 Å². The summed E-state index contributed by atoms with van der Waals surface area (Å²) in [5, 5.41) is 19.6. The molecule has 3 heterocycles. The molecule has 3 rings (SSSR count). The first-order valence-electron chi connectivity index (χ1n) is 4.74. The second-order valence-electron chi connectivity index (χ2n) is 3.83. The predicted octanol–water partition coefficient (Wildman–Crippen LogP) is 0.758. The lowest BCUT2D eigenvalue weighted by molar-refractivity contribution is -0.302. The average molecular weight is 222 g/mol. The summed E-state index contributed by atoms with van der Waals surface area (Å²) in [6.07, 6.45) is 1.29. The van der Waals surface area contributed by atoms with Gasteiger partial charge in [0.2, 0.25) is 0 Å². The van der Waals surface area contributed by atoms with Crippen molar-refractivity contribution in [1.29, 1.82) is 0 Å². The highest BCUT2D eigenvalue weighted by Gasteiger charge is 2.60. The van der Waals surface area contributed by atoms with Crippen molar-refractivity contribution in [2.24, 2.45) is 5.41 Å². The Bertz CT molecular complexity index is 216. The van der Waals surface area contributed by atoms with Gasteiger partial charge in [-0.15, -0.1) is 0 Å². The van der Waals surface area contributed by atoms with E-state index >= 15 is 0 Å². The Morgan fingerprint density at radius 2 is 2.00 bits per heavy atom. The fourth-order valence-corrected chi connectivity index (χ4v) is 3.21. The molecule has 1 atom stereocenters. The molecule has 0 amide bonds. The first kappa shape index (κ1) is 10.7. The summed E-state index contributed by atoms with van der Waals surface area (Å²) >= 11 is 0. The zero-order chi connectivity index (χ0) is 10.2. The van der Waals surface area contributed by atoms with Crippen LogP contribution in [0.25, 0.3) is 0 Å². The van der Waals surface area contributed by atoms with Gasteiger partial charge < -0.3 is 19.3 Å². The Morgan fingerprint density at radius 1 is 1.36 bits per heavy atom. The molecular weight excluding hydrogens is 207 g/mol. The summed E-state index contributed by atoms with van der Waals surface area (Å²) in [6.45, 7) is 2.40. The molecule has 0 saturated carbocycles. The van der Waals surface area contributed by atoms with Crippen LogP contribution in [-0.4, -0.2) is 35.8 Å². The van der Waals surface area contributed by atoms with Crippen molar-refractivity contribution in [3.8, 4) is 0 Å². The van der Waals surface area contributed by atoms with Crippen molar-refractivity contribution in [2.75, 3.05) is 19.8 Å². The maximum atomic E-state index is 10.3. The lowest BCUT2D eigenvalue weighted by Gasteiger charge is -2.53. The van der Waals surface area contributed by atoms with Gasteiger partial charge in [-0.05, 0) is 0 Å². The molecule has 5 nitrogen and oxygen atoms in total. The number of hydrogen-bond acceptors (Lipinski definition) is 5. The minimum atomic E-state index is -1.40. The van der Waals surface area contributed by atoms with Crippen LogP contribution in [-0.2, 0) is 13.6 Å². The van der Waals surface area contributed by atoms with Crippen molar-refractivity contribution in [3.63, 3.8) is 0 Å². The van der Waals surface area contributed by atoms with Crippen molar-refractivity contribution in [1.82, 2.24) is 0 Å². The predicted molar refractivity (Wildman–Crippen MR) is 49.3 cm³/mol. The molecule has 1 unspecified atom stereocenters. The smallest absolute Gasteiger partial charge is 0.335 e. The van der Waals surface area contributed by atoms with Crippen LogP contribution < -0.4 is 0 Å². The molecule has 3 saturated heterocycles. The molecule has 6 heteroatoms. The van der Waals surface area contributed by atoms with Crippen LogP contribution >= 0.6 is 8.60 Å². The first-order chi connectivity index (χ1) is 6.66. The molecule has 0 spiro atoms. The summed E-state index contributed by atoms with van der Waals surface area (Å²) in [7, 11) is -1.40. The quantitative estimate of drug-likeness (QED) is 0.690. The lowest BCUT2D eigenvalue weighted by Crippen LogP contribution is -2.61. The zero-order valence-corrected chi connectivity index (χ0v) is 9.00. The molecule has 2 N–H and O–H groups in total. The molecule has 3 aliphatic heterocycles. The Kier molecular flexibility index (Phi) is 2.81. The maximum Gasteiger partial charge on any atom is 0.335 e. The molecule has 0 aliphatic carbocycles. The molecule has 82 valence electrons. The van der Waals surface area contributed by atoms with Gasteiger partial charge in [-0.25, -0.2) is 0 Å². The molecule has 0 radical (unpaired) electrons. The van der Waals surface area contributed by atoms with Crippen LogP contribution in [0.4, 0.5) is 0 Å². The summed E-state index contributed by atoms with van der Waals surface area (Å²) in [6, 6.07) is 0. The molecule has 2 bridgehead atoms. The van der Waals surface area contributed by atoms with Gasteiger partial charge in [-0.3, -0.25) is 4.52 Å². The fourth-order valence-electron chi connectivity index (χ4n) is 1.79. The average Bonchev–Trinajstić information content (AvgIpc) is 2.19. The zero-order valence-electron chi connectivity index (χ0n) is 8.10. The van der Waals surface area contributed by atoms with Crippen LogP contribution in [0, 0.1) is 5.41 Å². The monoisotopic (exact) mass is 222 g/mol. The van der Waals surface area contributed by atoms with E-state index in [-0.39, 0.29) is 6.61 Å². The summed E-state index contributed by atoms with van der Waals surface area (Å²) < 4.78 is 15.7. The highest BCUT2D eigenvalue weighted by Crippen LogP contribution is 2.61. The molecule has 0 aromatic carbocycles. The molecule has 0 aromatic rings. The topological polar surface area (TPSA) is 68.2 Å². The largest absolute Gasteiger partial charge is 0.395 e. The van der Waals surface area contributed by atoms with Gasteiger partial charge in [0.05, 0.1) is 25.2 Å². The minimum absolute atomic E-state index is 0.188. The van der Waals surface area contributed by atoms with E-state index in [1.807, 2.05) is 6.92 Å². The Hall–Kier alpha value is 0.230.